The Bertz CT molecular complexity index is 574. The van der Waals surface area contributed by atoms with Gasteiger partial charge in [-0.3, -0.25) is 9.59 Å². The van der Waals surface area contributed by atoms with Crippen molar-refractivity contribution in [3.63, 3.8) is 0 Å². The van der Waals surface area contributed by atoms with Gasteiger partial charge in [0.15, 0.2) is 0 Å². The molecule has 0 aromatic rings. The average Bonchev–Trinajstić information content (AvgIpc) is 3.32. The molecule has 1 aliphatic rings. The normalized spacial score (nSPS) is 17.7. The SMILES string of the molecule is CCCCCCCCCCCCC(CCCCCCCCCCCC)(C(=O)OC)C1CC(=O)CC1CCCC. The number of carbonyl (C=O) groups excluding carboxylic acids is 2. The zero-order valence-corrected chi connectivity index (χ0v) is 27.0. The van der Waals surface area contributed by atoms with Crippen LogP contribution in [0, 0.1) is 17.3 Å². The van der Waals surface area contributed by atoms with Crippen molar-refractivity contribution < 1.29 is 14.3 Å². The molecule has 1 saturated carbocycles. The molecule has 0 N–H and O–H groups in total. The van der Waals surface area contributed by atoms with Crippen LogP contribution in [0.25, 0.3) is 0 Å². The third kappa shape index (κ3) is 15.1. The highest BCUT2D eigenvalue weighted by atomic mass is 16.5. The van der Waals surface area contributed by atoms with E-state index >= 15 is 0 Å². The molecule has 3 heteroatoms. The summed E-state index contributed by atoms with van der Waals surface area (Å²) in [7, 11) is 1.58. The molecular formula is C36H68O3. The number of rotatable bonds is 27. The van der Waals surface area contributed by atoms with E-state index in [1.807, 2.05) is 0 Å². The van der Waals surface area contributed by atoms with Gasteiger partial charge in [0.05, 0.1) is 12.5 Å². The van der Waals surface area contributed by atoms with E-state index in [4.69, 9.17) is 4.74 Å². The van der Waals surface area contributed by atoms with Crippen LogP contribution in [0.15, 0.2) is 0 Å². The maximum Gasteiger partial charge on any atom is 0.312 e. The van der Waals surface area contributed by atoms with Gasteiger partial charge in [0, 0.05) is 12.8 Å². The summed E-state index contributed by atoms with van der Waals surface area (Å²) in [4.78, 5) is 26.3. The van der Waals surface area contributed by atoms with Crippen molar-refractivity contribution >= 4 is 11.8 Å². The molecule has 230 valence electrons. The second kappa shape index (κ2) is 23.8. The highest BCUT2D eigenvalue weighted by Gasteiger charge is 2.51. The van der Waals surface area contributed by atoms with Crippen molar-refractivity contribution in [2.24, 2.45) is 17.3 Å². The van der Waals surface area contributed by atoms with E-state index in [1.165, 1.54) is 116 Å². The Hall–Kier alpha value is -0.860. The van der Waals surface area contributed by atoms with Gasteiger partial charge in [-0.05, 0) is 31.1 Å². The van der Waals surface area contributed by atoms with Gasteiger partial charge >= 0.3 is 5.97 Å². The van der Waals surface area contributed by atoms with E-state index in [0.29, 0.717) is 24.5 Å². The Morgan fingerprint density at radius 1 is 0.615 bits per heavy atom. The summed E-state index contributed by atoms with van der Waals surface area (Å²) in [6.07, 6.45) is 32.6. The maximum absolute atomic E-state index is 13.6. The lowest BCUT2D eigenvalue weighted by Crippen LogP contribution is -2.41. The monoisotopic (exact) mass is 549 g/mol. The van der Waals surface area contributed by atoms with Crippen molar-refractivity contribution in [2.45, 2.75) is 194 Å². The highest BCUT2D eigenvalue weighted by molar-refractivity contribution is 5.84. The number of unbranched alkanes of at least 4 members (excludes halogenated alkanes) is 19. The van der Waals surface area contributed by atoms with Gasteiger partial charge in [-0.2, -0.15) is 0 Å². The van der Waals surface area contributed by atoms with Crippen molar-refractivity contribution in [1.82, 2.24) is 0 Å². The molecule has 2 unspecified atom stereocenters. The number of hydrogen-bond acceptors (Lipinski definition) is 3. The van der Waals surface area contributed by atoms with Gasteiger partial charge < -0.3 is 4.74 Å². The van der Waals surface area contributed by atoms with Crippen molar-refractivity contribution in [1.29, 1.82) is 0 Å². The van der Waals surface area contributed by atoms with E-state index in [1.54, 1.807) is 7.11 Å². The summed E-state index contributed by atoms with van der Waals surface area (Å²) in [5, 5.41) is 0. The summed E-state index contributed by atoms with van der Waals surface area (Å²) < 4.78 is 5.55. The second-order valence-corrected chi connectivity index (χ2v) is 13.0. The fraction of sp³-hybridized carbons (Fsp3) is 0.944. The zero-order chi connectivity index (χ0) is 28.6. The lowest BCUT2D eigenvalue weighted by molar-refractivity contribution is -0.159. The average molecular weight is 549 g/mol. The van der Waals surface area contributed by atoms with E-state index in [-0.39, 0.29) is 11.9 Å². The predicted molar refractivity (Wildman–Crippen MR) is 168 cm³/mol. The number of hydrogen-bond donors (Lipinski definition) is 0. The van der Waals surface area contributed by atoms with E-state index in [0.717, 1.165) is 44.9 Å². The first-order chi connectivity index (χ1) is 19.1. The number of carbonyl (C=O) groups is 2. The molecular weight excluding hydrogens is 480 g/mol. The molecule has 3 nitrogen and oxygen atoms in total. The molecule has 0 aliphatic heterocycles. The van der Waals surface area contributed by atoms with Gasteiger partial charge in [-0.15, -0.1) is 0 Å². The molecule has 0 aromatic heterocycles. The summed E-state index contributed by atoms with van der Waals surface area (Å²) >= 11 is 0. The third-order valence-electron chi connectivity index (χ3n) is 9.69. The minimum Gasteiger partial charge on any atom is -0.469 e. The van der Waals surface area contributed by atoms with Crippen LogP contribution in [-0.4, -0.2) is 18.9 Å². The molecule has 0 heterocycles. The zero-order valence-electron chi connectivity index (χ0n) is 27.0. The molecule has 39 heavy (non-hydrogen) atoms. The standard InChI is InChI=1S/C36H68O3/c1-5-8-11-13-15-17-19-21-23-25-28-36(35(38)39-4,34-31-33(37)30-32(34)27-10-7-3)29-26-24-22-20-18-16-14-12-9-6-2/h32,34H,5-31H2,1-4H3. The maximum atomic E-state index is 13.6. The van der Waals surface area contributed by atoms with Gasteiger partial charge in [-0.25, -0.2) is 0 Å². The van der Waals surface area contributed by atoms with Crippen LogP contribution < -0.4 is 0 Å². The lowest BCUT2D eigenvalue weighted by Gasteiger charge is -2.40. The molecule has 2 atom stereocenters. The minimum absolute atomic E-state index is 0.0180. The topological polar surface area (TPSA) is 43.4 Å². The highest BCUT2D eigenvalue weighted by Crippen LogP contribution is 2.51. The Balaban J connectivity index is 2.68. The van der Waals surface area contributed by atoms with E-state index in [2.05, 4.69) is 20.8 Å². The largest absolute Gasteiger partial charge is 0.469 e. The molecule has 0 radical (unpaired) electrons. The van der Waals surface area contributed by atoms with Gasteiger partial charge in [0.25, 0.3) is 0 Å². The Kier molecular flexibility index (Phi) is 22.1. The molecule has 1 rings (SSSR count). The Morgan fingerprint density at radius 3 is 1.38 bits per heavy atom. The number of esters is 1. The van der Waals surface area contributed by atoms with Crippen LogP contribution in [0.3, 0.4) is 0 Å². The van der Waals surface area contributed by atoms with Crippen LogP contribution in [0.4, 0.5) is 0 Å². The molecule has 0 aromatic carbocycles. The number of Topliss-reactive ketones (excluding diaryl/α,β-unsaturated/α-hetero) is 1. The molecule has 0 amide bonds. The Labute approximate surface area is 244 Å². The fourth-order valence-electron chi connectivity index (χ4n) is 7.26. The quantitative estimate of drug-likeness (QED) is 0.0757. The Morgan fingerprint density at radius 2 is 1.00 bits per heavy atom. The van der Waals surface area contributed by atoms with Crippen molar-refractivity contribution in [2.75, 3.05) is 7.11 Å². The molecule has 0 saturated heterocycles. The minimum atomic E-state index is -0.459. The molecule has 1 fully saturated rings. The molecule has 0 spiro atoms. The summed E-state index contributed by atoms with van der Waals surface area (Å²) in [5.74, 6) is 0.903. The third-order valence-corrected chi connectivity index (χ3v) is 9.69. The van der Waals surface area contributed by atoms with Crippen LogP contribution >= 0.6 is 0 Å². The van der Waals surface area contributed by atoms with Crippen molar-refractivity contribution in [3.05, 3.63) is 0 Å². The predicted octanol–water partition coefficient (Wildman–Crippen LogP) is 11.6. The van der Waals surface area contributed by atoms with Crippen LogP contribution in [-0.2, 0) is 14.3 Å². The summed E-state index contributed by atoms with van der Waals surface area (Å²) in [5.41, 5.74) is -0.459. The summed E-state index contributed by atoms with van der Waals surface area (Å²) in [6.45, 7) is 6.78. The first-order valence-corrected chi connectivity index (χ1v) is 17.7. The van der Waals surface area contributed by atoms with Crippen LogP contribution in [0.2, 0.25) is 0 Å². The second-order valence-electron chi connectivity index (χ2n) is 13.0. The first-order valence-electron chi connectivity index (χ1n) is 17.7. The number of ketones is 1. The molecule has 1 aliphatic carbocycles. The van der Waals surface area contributed by atoms with Gasteiger partial charge in [-0.1, -0.05) is 162 Å². The fourth-order valence-corrected chi connectivity index (χ4v) is 7.26. The smallest absolute Gasteiger partial charge is 0.312 e. The number of ether oxygens (including phenoxy) is 1. The lowest BCUT2D eigenvalue weighted by atomic mass is 9.64. The number of methoxy groups -OCH3 is 1. The van der Waals surface area contributed by atoms with Crippen molar-refractivity contribution in [3.8, 4) is 0 Å². The first kappa shape index (κ1) is 36.2. The van der Waals surface area contributed by atoms with Crippen LogP contribution in [0.5, 0.6) is 0 Å². The van der Waals surface area contributed by atoms with Gasteiger partial charge in [0.2, 0.25) is 0 Å². The molecule has 0 bridgehead atoms. The van der Waals surface area contributed by atoms with E-state index in [9.17, 15) is 9.59 Å². The van der Waals surface area contributed by atoms with Crippen LogP contribution in [0.1, 0.15) is 194 Å². The summed E-state index contributed by atoms with van der Waals surface area (Å²) in [6, 6.07) is 0. The van der Waals surface area contributed by atoms with E-state index < -0.39 is 5.41 Å². The van der Waals surface area contributed by atoms with Gasteiger partial charge in [0.1, 0.15) is 5.78 Å².